The SMILES string of the molecule is CCOC(=O)Cc1ccc(N2CCc3c(C)nc(Cl)nc32)cc1. The fraction of sp³-hybridized carbons (Fsp3) is 0.353. The average Bonchev–Trinajstić information content (AvgIpc) is 2.92. The Bertz CT molecular complexity index is 731. The molecule has 0 radical (unpaired) electrons. The number of fused-ring (bicyclic) bond motifs is 1. The number of aromatic nitrogens is 2. The highest BCUT2D eigenvalue weighted by molar-refractivity contribution is 6.28. The molecule has 0 saturated carbocycles. The molecule has 120 valence electrons. The molecule has 1 aromatic carbocycles. The molecule has 2 aromatic rings. The van der Waals surface area contributed by atoms with Crippen LogP contribution in [0.2, 0.25) is 5.28 Å². The monoisotopic (exact) mass is 331 g/mol. The largest absolute Gasteiger partial charge is 0.466 e. The topological polar surface area (TPSA) is 55.3 Å². The summed E-state index contributed by atoms with van der Waals surface area (Å²) in [5.41, 5.74) is 4.04. The Kier molecular flexibility index (Phi) is 4.48. The Hall–Kier alpha value is -2.14. The number of anilines is 2. The molecule has 0 saturated heterocycles. The first-order valence-electron chi connectivity index (χ1n) is 7.63. The van der Waals surface area contributed by atoms with Gasteiger partial charge in [0, 0.05) is 23.5 Å². The third-order valence-electron chi connectivity index (χ3n) is 3.91. The zero-order valence-corrected chi connectivity index (χ0v) is 13.9. The lowest BCUT2D eigenvalue weighted by molar-refractivity contribution is -0.142. The highest BCUT2D eigenvalue weighted by atomic mass is 35.5. The minimum atomic E-state index is -0.207. The molecule has 2 heterocycles. The summed E-state index contributed by atoms with van der Waals surface area (Å²) in [6.07, 6.45) is 1.20. The van der Waals surface area contributed by atoms with Gasteiger partial charge in [-0.2, -0.15) is 4.98 Å². The summed E-state index contributed by atoms with van der Waals surface area (Å²) in [6, 6.07) is 7.88. The van der Waals surface area contributed by atoms with E-state index in [-0.39, 0.29) is 17.7 Å². The van der Waals surface area contributed by atoms with Crippen molar-refractivity contribution in [3.05, 3.63) is 46.4 Å². The Morgan fingerprint density at radius 3 is 2.74 bits per heavy atom. The van der Waals surface area contributed by atoms with Gasteiger partial charge in [0.15, 0.2) is 0 Å². The number of carbonyl (C=O) groups is 1. The van der Waals surface area contributed by atoms with Gasteiger partial charge in [-0.05, 0) is 49.6 Å². The van der Waals surface area contributed by atoms with E-state index < -0.39 is 0 Å². The van der Waals surface area contributed by atoms with E-state index in [0.29, 0.717) is 6.61 Å². The van der Waals surface area contributed by atoms with Gasteiger partial charge >= 0.3 is 5.97 Å². The molecule has 0 spiro atoms. The second kappa shape index (κ2) is 6.54. The van der Waals surface area contributed by atoms with Gasteiger partial charge < -0.3 is 9.64 Å². The third kappa shape index (κ3) is 3.29. The van der Waals surface area contributed by atoms with Crippen LogP contribution in [0.5, 0.6) is 0 Å². The first kappa shape index (κ1) is 15.7. The normalized spacial score (nSPS) is 13.1. The van der Waals surface area contributed by atoms with Crippen molar-refractivity contribution in [3.63, 3.8) is 0 Å². The summed E-state index contributed by atoms with van der Waals surface area (Å²) in [6.45, 7) is 5.02. The number of aryl methyl sites for hydroxylation is 1. The summed E-state index contributed by atoms with van der Waals surface area (Å²) >= 11 is 5.99. The first-order valence-corrected chi connectivity index (χ1v) is 8.01. The quantitative estimate of drug-likeness (QED) is 0.636. The van der Waals surface area contributed by atoms with E-state index >= 15 is 0 Å². The van der Waals surface area contributed by atoms with Crippen molar-refractivity contribution in [1.82, 2.24) is 9.97 Å². The van der Waals surface area contributed by atoms with Crippen LogP contribution in [0.3, 0.4) is 0 Å². The van der Waals surface area contributed by atoms with Gasteiger partial charge in [-0.15, -0.1) is 0 Å². The van der Waals surface area contributed by atoms with Crippen molar-refractivity contribution >= 4 is 29.1 Å². The van der Waals surface area contributed by atoms with Crippen molar-refractivity contribution in [2.45, 2.75) is 26.7 Å². The van der Waals surface area contributed by atoms with Crippen LogP contribution >= 0.6 is 11.6 Å². The fourth-order valence-electron chi connectivity index (χ4n) is 2.82. The van der Waals surface area contributed by atoms with Gasteiger partial charge in [-0.25, -0.2) is 4.98 Å². The molecule has 1 aromatic heterocycles. The zero-order valence-electron chi connectivity index (χ0n) is 13.2. The van der Waals surface area contributed by atoms with Gasteiger partial charge in [0.05, 0.1) is 13.0 Å². The molecular formula is C17H18ClN3O2. The van der Waals surface area contributed by atoms with Crippen LogP contribution in [-0.4, -0.2) is 29.1 Å². The summed E-state index contributed by atoms with van der Waals surface area (Å²) in [5, 5.41) is 0.270. The van der Waals surface area contributed by atoms with Crippen molar-refractivity contribution in [1.29, 1.82) is 0 Å². The number of rotatable bonds is 4. The number of hydrogen-bond donors (Lipinski definition) is 0. The molecule has 0 unspecified atom stereocenters. The predicted molar refractivity (Wildman–Crippen MR) is 89.3 cm³/mol. The van der Waals surface area contributed by atoms with Gasteiger partial charge in [0.1, 0.15) is 5.82 Å². The number of ether oxygens (including phenoxy) is 1. The first-order chi connectivity index (χ1) is 11.1. The number of hydrogen-bond acceptors (Lipinski definition) is 5. The minimum Gasteiger partial charge on any atom is -0.466 e. The van der Waals surface area contributed by atoms with Crippen molar-refractivity contribution < 1.29 is 9.53 Å². The number of carbonyl (C=O) groups excluding carboxylic acids is 1. The molecule has 3 rings (SSSR count). The Morgan fingerprint density at radius 1 is 1.30 bits per heavy atom. The fourth-order valence-corrected chi connectivity index (χ4v) is 3.02. The molecular weight excluding hydrogens is 314 g/mol. The lowest BCUT2D eigenvalue weighted by Crippen LogP contribution is -2.14. The van der Waals surface area contributed by atoms with E-state index in [2.05, 4.69) is 14.9 Å². The van der Waals surface area contributed by atoms with Crippen LogP contribution in [0.1, 0.15) is 23.7 Å². The van der Waals surface area contributed by atoms with Crippen molar-refractivity contribution in [2.24, 2.45) is 0 Å². The average molecular weight is 332 g/mol. The number of halogens is 1. The maximum atomic E-state index is 11.5. The lowest BCUT2D eigenvalue weighted by atomic mass is 10.1. The molecule has 6 heteroatoms. The summed E-state index contributed by atoms with van der Waals surface area (Å²) in [5.74, 6) is 0.669. The number of esters is 1. The van der Waals surface area contributed by atoms with E-state index in [1.54, 1.807) is 6.92 Å². The van der Waals surface area contributed by atoms with E-state index in [0.717, 1.165) is 41.3 Å². The molecule has 0 bridgehead atoms. The maximum absolute atomic E-state index is 11.5. The molecule has 0 N–H and O–H groups in total. The van der Waals surface area contributed by atoms with Crippen LogP contribution in [0.15, 0.2) is 24.3 Å². The highest BCUT2D eigenvalue weighted by Crippen LogP contribution is 2.34. The minimum absolute atomic E-state index is 0.207. The molecule has 0 fully saturated rings. The van der Waals surface area contributed by atoms with E-state index in [9.17, 15) is 4.79 Å². The van der Waals surface area contributed by atoms with Crippen LogP contribution in [0.4, 0.5) is 11.5 Å². The summed E-state index contributed by atoms with van der Waals surface area (Å²) < 4.78 is 4.97. The second-order valence-electron chi connectivity index (χ2n) is 5.43. The highest BCUT2D eigenvalue weighted by Gasteiger charge is 2.25. The van der Waals surface area contributed by atoms with Crippen LogP contribution in [0.25, 0.3) is 0 Å². The van der Waals surface area contributed by atoms with Crippen molar-refractivity contribution in [3.8, 4) is 0 Å². The van der Waals surface area contributed by atoms with Crippen molar-refractivity contribution in [2.75, 3.05) is 18.1 Å². The van der Waals surface area contributed by atoms with Crippen LogP contribution in [0, 0.1) is 6.92 Å². The third-order valence-corrected chi connectivity index (χ3v) is 4.08. The Labute approximate surface area is 140 Å². The van der Waals surface area contributed by atoms with Gasteiger partial charge in [0.25, 0.3) is 0 Å². The molecule has 5 nitrogen and oxygen atoms in total. The second-order valence-corrected chi connectivity index (χ2v) is 5.77. The summed E-state index contributed by atoms with van der Waals surface area (Å²) in [7, 11) is 0. The number of benzene rings is 1. The van der Waals surface area contributed by atoms with E-state index in [4.69, 9.17) is 16.3 Å². The van der Waals surface area contributed by atoms with Gasteiger partial charge in [-0.3, -0.25) is 4.79 Å². The number of nitrogens with zero attached hydrogens (tertiary/aromatic N) is 3. The molecule has 0 amide bonds. The zero-order chi connectivity index (χ0) is 16.4. The van der Waals surface area contributed by atoms with Gasteiger partial charge in [0.2, 0.25) is 5.28 Å². The predicted octanol–water partition coefficient (Wildman–Crippen LogP) is 3.24. The molecule has 0 aliphatic carbocycles. The maximum Gasteiger partial charge on any atom is 0.310 e. The molecule has 1 aliphatic rings. The Balaban J connectivity index is 1.81. The smallest absolute Gasteiger partial charge is 0.310 e. The van der Waals surface area contributed by atoms with Crippen LogP contribution in [-0.2, 0) is 22.4 Å². The van der Waals surface area contributed by atoms with Crippen LogP contribution < -0.4 is 4.90 Å². The van der Waals surface area contributed by atoms with Gasteiger partial charge in [-0.1, -0.05) is 12.1 Å². The molecule has 23 heavy (non-hydrogen) atoms. The Morgan fingerprint density at radius 2 is 2.04 bits per heavy atom. The lowest BCUT2D eigenvalue weighted by Gasteiger charge is -2.19. The molecule has 0 atom stereocenters. The standard InChI is InChI=1S/C17H18ClN3O2/c1-3-23-15(22)10-12-4-6-13(7-5-12)21-9-8-14-11(2)19-17(18)20-16(14)21/h4-7H,3,8-10H2,1-2H3. The van der Waals surface area contributed by atoms with E-state index in [1.807, 2.05) is 31.2 Å². The van der Waals surface area contributed by atoms with E-state index in [1.165, 1.54) is 0 Å². The molecule has 1 aliphatic heterocycles. The summed E-state index contributed by atoms with van der Waals surface area (Å²) in [4.78, 5) is 22.2.